The Bertz CT molecular complexity index is 649. The monoisotopic (exact) mass is 271 g/mol. The highest BCUT2D eigenvalue weighted by molar-refractivity contribution is 5.92. The van der Waals surface area contributed by atoms with Gasteiger partial charge in [0.05, 0.1) is 6.04 Å². The zero-order valence-corrected chi connectivity index (χ0v) is 11.6. The first-order chi connectivity index (χ1) is 9.65. The molecule has 0 aliphatic carbocycles. The lowest BCUT2D eigenvalue weighted by molar-refractivity contribution is 0.0932. The van der Waals surface area contributed by atoms with Crippen LogP contribution >= 0.6 is 0 Å². The molecule has 3 heterocycles. The maximum absolute atomic E-state index is 12.2. The molecule has 1 aliphatic rings. The third-order valence-corrected chi connectivity index (χ3v) is 3.49. The highest BCUT2D eigenvalue weighted by Crippen LogP contribution is 2.19. The van der Waals surface area contributed by atoms with Gasteiger partial charge in [0, 0.05) is 18.7 Å². The highest BCUT2D eigenvalue weighted by atomic mass is 16.1. The molecular formula is C14H17N5O. The number of nitrogens with one attached hydrogen (secondary N) is 1. The number of nitrogens with zero attached hydrogens (tertiary/aromatic N) is 4. The molecule has 1 aliphatic heterocycles. The quantitative estimate of drug-likeness (QED) is 0.916. The zero-order chi connectivity index (χ0) is 14.1. The van der Waals surface area contributed by atoms with Crippen LogP contribution < -0.4 is 5.32 Å². The molecule has 0 saturated carbocycles. The van der Waals surface area contributed by atoms with Crippen LogP contribution in [0.3, 0.4) is 0 Å². The molecule has 2 aromatic heterocycles. The summed E-state index contributed by atoms with van der Waals surface area (Å²) in [6.07, 6.45) is 2.06. The minimum Gasteiger partial charge on any atom is -0.341 e. The molecule has 0 unspecified atom stereocenters. The van der Waals surface area contributed by atoms with Gasteiger partial charge in [0.2, 0.25) is 0 Å². The topological polar surface area (TPSA) is 72.7 Å². The van der Waals surface area contributed by atoms with Crippen LogP contribution in [-0.2, 0) is 13.0 Å². The molecule has 2 aromatic rings. The van der Waals surface area contributed by atoms with E-state index in [1.165, 1.54) is 0 Å². The van der Waals surface area contributed by atoms with E-state index in [0.717, 1.165) is 36.7 Å². The van der Waals surface area contributed by atoms with E-state index in [1.54, 1.807) is 6.07 Å². The minimum atomic E-state index is -0.184. The van der Waals surface area contributed by atoms with Crippen molar-refractivity contribution >= 4 is 5.91 Å². The maximum Gasteiger partial charge on any atom is 0.270 e. The first kappa shape index (κ1) is 12.8. The van der Waals surface area contributed by atoms with Gasteiger partial charge in [-0.3, -0.25) is 4.79 Å². The van der Waals surface area contributed by atoms with E-state index in [2.05, 4.69) is 25.1 Å². The van der Waals surface area contributed by atoms with E-state index in [1.807, 2.05) is 26.0 Å². The van der Waals surface area contributed by atoms with E-state index >= 15 is 0 Å². The van der Waals surface area contributed by atoms with Crippen LogP contribution in [0.2, 0.25) is 0 Å². The third-order valence-electron chi connectivity index (χ3n) is 3.49. The number of carbonyl (C=O) groups excluding carboxylic acids is 1. The summed E-state index contributed by atoms with van der Waals surface area (Å²) >= 11 is 0. The van der Waals surface area contributed by atoms with Crippen LogP contribution in [0.25, 0.3) is 0 Å². The van der Waals surface area contributed by atoms with Gasteiger partial charge < -0.3 is 9.88 Å². The molecule has 3 rings (SSSR count). The lowest BCUT2D eigenvalue weighted by atomic mass is 10.2. The Morgan fingerprint density at radius 3 is 3.05 bits per heavy atom. The Morgan fingerprint density at radius 1 is 1.40 bits per heavy atom. The van der Waals surface area contributed by atoms with Crippen molar-refractivity contribution < 1.29 is 4.79 Å². The summed E-state index contributed by atoms with van der Waals surface area (Å²) in [4.78, 5) is 16.4. The second kappa shape index (κ2) is 5.03. The van der Waals surface area contributed by atoms with Crippen LogP contribution in [0.5, 0.6) is 0 Å². The molecule has 1 amide bonds. The Labute approximate surface area is 117 Å². The van der Waals surface area contributed by atoms with Gasteiger partial charge in [-0.05, 0) is 32.4 Å². The Morgan fingerprint density at radius 2 is 2.25 bits per heavy atom. The predicted octanol–water partition coefficient (Wildman–Crippen LogP) is 1.42. The van der Waals surface area contributed by atoms with Crippen molar-refractivity contribution in [3.8, 4) is 0 Å². The lowest BCUT2D eigenvalue weighted by Crippen LogP contribution is -2.29. The van der Waals surface area contributed by atoms with Crippen molar-refractivity contribution in [1.29, 1.82) is 0 Å². The smallest absolute Gasteiger partial charge is 0.270 e. The van der Waals surface area contributed by atoms with E-state index in [-0.39, 0.29) is 11.9 Å². The Kier molecular flexibility index (Phi) is 3.22. The summed E-state index contributed by atoms with van der Waals surface area (Å²) in [6, 6.07) is 5.23. The molecule has 104 valence electrons. The molecule has 1 N–H and O–H groups in total. The Balaban J connectivity index is 1.75. The largest absolute Gasteiger partial charge is 0.341 e. The molecule has 1 atom stereocenters. The van der Waals surface area contributed by atoms with Gasteiger partial charge in [-0.1, -0.05) is 6.07 Å². The molecule has 0 saturated heterocycles. The zero-order valence-electron chi connectivity index (χ0n) is 11.6. The number of carbonyl (C=O) groups is 1. The molecule has 0 spiro atoms. The van der Waals surface area contributed by atoms with E-state index in [9.17, 15) is 4.79 Å². The minimum absolute atomic E-state index is 0.177. The van der Waals surface area contributed by atoms with Gasteiger partial charge in [-0.2, -0.15) is 0 Å². The fraction of sp³-hybridized carbons (Fsp3) is 0.429. The average molecular weight is 271 g/mol. The molecule has 6 nitrogen and oxygen atoms in total. The summed E-state index contributed by atoms with van der Waals surface area (Å²) in [5.74, 6) is 1.64. The van der Waals surface area contributed by atoms with Crippen molar-refractivity contribution in [2.24, 2.45) is 0 Å². The molecule has 0 radical (unpaired) electrons. The number of rotatable bonds is 3. The molecular weight excluding hydrogens is 254 g/mol. The average Bonchev–Trinajstić information content (AvgIpc) is 3.00. The SMILES string of the molecule is Cc1cccc(C(=O)N[C@H](C)c2nnc3n2CCC3)n1. The van der Waals surface area contributed by atoms with Gasteiger partial charge >= 0.3 is 0 Å². The van der Waals surface area contributed by atoms with Crippen LogP contribution in [0.15, 0.2) is 18.2 Å². The lowest BCUT2D eigenvalue weighted by Gasteiger charge is -2.13. The number of aryl methyl sites for hydroxylation is 2. The number of hydrogen-bond donors (Lipinski definition) is 1. The molecule has 0 bridgehead atoms. The first-order valence-electron chi connectivity index (χ1n) is 6.81. The number of aromatic nitrogens is 4. The van der Waals surface area contributed by atoms with Crippen molar-refractivity contribution in [3.05, 3.63) is 41.2 Å². The standard InChI is InChI=1S/C14H17N5O/c1-9-5-3-6-11(15-9)14(20)16-10(2)13-18-17-12-7-4-8-19(12)13/h3,5-6,10H,4,7-8H2,1-2H3,(H,16,20)/t10-/m1/s1. The van der Waals surface area contributed by atoms with Gasteiger partial charge in [-0.25, -0.2) is 4.98 Å². The van der Waals surface area contributed by atoms with Crippen LogP contribution in [0.4, 0.5) is 0 Å². The second-order valence-corrected chi connectivity index (χ2v) is 5.09. The Hall–Kier alpha value is -2.24. The van der Waals surface area contributed by atoms with Crippen molar-refractivity contribution in [2.45, 2.75) is 39.3 Å². The third kappa shape index (κ3) is 2.29. The van der Waals surface area contributed by atoms with Gasteiger partial charge in [0.25, 0.3) is 5.91 Å². The van der Waals surface area contributed by atoms with Crippen LogP contribution in [-0.4, -0.2) is 25.7 Å². The second-order valence-electron chi connectivity index (χ2n) is 5.09. The molecule has 20 heavy (non-hydrogen) atoms. The normalized spacial score (nSPS) is 14.9. The number of hydrogen-bond acceptors (Lipinski definition) is 4. The van der Waals surface area contributed by atoms with E-state index < -0.39 is 0 Å². The first-order valence-corrected chi connectivity index (χ1v) is 6.81. The predicted molar refractivity (Wildman–Crippen MR) is 73.2 cm³/mol. The molecule has 0 fully saturated rings. The van der Waals surface area contributed by atoms with Gasteiger partial charge in [0.15, 0.2) is 5.82 Å². The van der Waals surface area contributed by atoms with Crippen molar-refractivity contribution in [3.63, 3.8) is 0 Å². The number of amides is 1. The van der Waals surface area contributed by atoms with Gasteiger partial charge in [0.1, 0.15) is 11.5 Å². The fourth-order valence-electron chi connectivity index (χ4n) is 2.50. The van der Waals surface area contributed by atoms with E-state index in [4.69, 9.17) is 0 Å². The highest BCUT2D eigenvalue weighted by Gasteiger charge is 2.22. The summed E-state index contributed by atoms with van der Waals surface area (Å²) in [6.45, 7) is 4.72. The van der Waals surface area contributed by atoms with Gasteiger partial charge in [-0.15, -0.1) is 10.2 Å². The summed E-state index contributed by atoms with van der Waals surface area (Å²) < 4.78 is 2.09. The summed E-state index contributed by atoms with van der Waals surface area (Å²) in [5.41, 5.74) is 1.26. The molecule has 0 aromatic carbocycles. The van der Waals surface area contributed by atoms with E-state index in [0.29, 0.717) is 5.69 Å². The summed E-state index contributed by atoms with van der Waals surface area (Å²) in [7, 11) is 0. The number of pyridine rings is 1. The maximum atomic E-state index is 12.2. The number of fused-ring (bicyclic) bond motifs is 1. The van der Waals surface area contributed by atoms with Crippen molar-refractivity contribution in [2.75, 3.05) is 0 Å². The van der Waals surface area contributed by atoms with Crippen molar-refractivity contribution in [1.82, 2.24) is 25.1 Å². The fourth-order valence-corrected chi connectivity index (χ4v) is 2.50. The molecule has 6 heteroatoms. The van der Waals surface area contributed by atoms with Crippen LogP contribution in [0.1, 0.15) is 47.2 Å². The van der Waals surface area contributed by atoms with Crippen LogP contribution in [0, 0.1) is 6.92 Å². The summed E-state index contributed by atoms with van der Waals surface area (Å²) in [5, 5.41) is 11.3.